The molecule has 0 radical (unpaired) electrons. The maximum absolute atomic E-state index is 13.4. The van der Waals surface area contributed by atoms with Gasteiger partial charge in [0, 0.05) is 18.8 Å². The Kier molecular flexibility index (Phi) is 5.86. The summed E-state index contributed by atoms with van der Waals surface area (Å²) in [6.07, 6.45) is 4.49. The number of benzene rings is 1. The number of ether oxygens (including phenoxy) is 1. The van der Waals surface area contributed by atoms with Crippen molar-refractivity contribution in [2.45, 2.75) is 18.9 Å². The van der Waals surface area contributed by atoms with Crippen LogP contribution in [0.3, 0.4) is 0 Å². The fraction of sp³-hybridized carbons (Fsp3) is 0.316. The first-order valence-electron chi connectivity index (χ1n) is 9.34. The first-order chi connectivity index (χ1) is 14.5. The predicted octanol–water partition coefficient (Wildman–Crippen LogP) is 2.43. The summed E-state index contributed by atoms with van der Waals surface area (Å²) in [4.78, 5) is 30.4. The van der Waals surface area contributed by atoms with Gasteiger partial charge in [-0.3, -0.25) is 4.79 Å². The van der Waals surface area contributed by atoms with Crippen LogP contribution in [0.4, 0.5) is 21.8 Å². The van der Waals surface area contributed by atoms with Crippen molar-refractivity contribution >= 4 is 46.0 Å². The second-order valence-electron chi connectivity index (χ2n) is 6.84. The van der Waals surface area contributed by atoms with Crippen LogP contribution in [0, 0.1) is 5.82 Å². The molecular formula is C19H19ClFN7O2. The molecule has 1 fully saturated rings. The van der Waals surface area contributed by atoms with Crippen molar-refractivity contribution in [3.63, 3.8) is 0 Å². The number of amides is 1. The van der Waals surface area contributed by atoms with Crippen LogP contribution in [0.1, 0.15) is 12.8 Å². The topological polar surface area (TPSA) is 119 Å². The number of fused-ring (bicyclic) bond motifs is 1. The Labute approximate surface area is 176 Å². The molecule has 1 aromatic carbocycles. The maximum Gasteiger partial charge on any atom is 0.243 e. The number of aromatic nitrogens is 4. The molecule has 1 saturated heterocycles. The molecule has 3 aromatic rings. The van der Waals surface area contributed by atoms with E-state index in [0.717, 1.165) is 12.8 Å². The zero-order chi connectivity index (χ0) is 21.1. The van der Waals surface area contributed by atoms with Gasteiger partial charge >= 0.3 is 0 Å². The molecule has 0 bridgehead atoms. The molecule has 0 spiro atoms. The van der Waals surface area contributed by atoms with E-state index in [4.69, 9.17) is 22.1 Å². The number of nitrogens with one attached hydrogen (secondary N) is 1. The third-order valence-corrected chi connectivity index (χ3v) is 5.02. The molecule has 1 aliphatic rings. The zero-order valence-electron chi connectivity index (χ0n) is 15.9. The van der Waals surface area contributed by atoms with Crippen LogP contribution in [0.2, 0.25) is 5.02 Å². The van der Waals surface area contributed by atoms with Crippen LogP contribution in [-0.2, 0) is 9.53 Å². The Morgan fingerprint density at radius 3 is 2.83 bits per heavy atom. The number of anilines is 3. The van der Waals surface area contributed by atoms with Crippen molar-refractivity contribution in [2.75, 3.05) is 29.9 Å². The summed E-state index contributed by atoms with van der Waals surface area (Å²) < 4.78 is 18.9. The molecule has 1 aliphatic heterocycles. The first-order valence-corrected chi connectivity index (χ1v) is 9.72. The smallest absolute Gasteiger partial charge is 0.243 e. The van der Waals surface area contributed by atoms with E-state index >= 15 is 0 Å². The number of rotatable bonds is 6. The lowest BCUT2D eigenvalue weighted by Gasteiger charge is -2.31. The molecule has 3 heterocycles. The largest absolute Gasteiger partial charge is 0.368 e. The first kappa shape index (κ1) is 20.2. The summed E-state index contributed by atoms with van der Waals surface area (Å²) in [6, 6.07) is 4.32. The number of piperidine rings is 1. The van der Waals surface area contributed by atoms with Crippen molar-refractivity contribution in [1.29, 1.82) is 0 Å². The summed E-state index contributed by atoms with van der Waals surface area (Å²) in [6.45, 7) is 1.29. The van der Waals surface area contributed by atoms with Gasteiger partial charge in [-0.1, -0.05) is 11.6 Å². The minimum Gasteiger partial charge on any atom is -0.368 e. The highest BCUT2D eigenvalue weighted by Crippen LogP contribution is 2.26. The maximum atomic E-state index is 13.4. The average molecular weight is 432 g/mol. The summed E-state index contributed by atoms with van der Waals surface area (Å²) in [7, 11) is 0. The number of halogens is 2. The van der Waals surface area contributed by atoms with Gasteiger partial charge in [-0.15, -0.1) is 0 Å². The summed E-state index contributed by atoms with van der Waals surface area (Å²) in [5, 5.41) is 3.11. The Balaban J connectivity index is 1.53. The van der Waals surface area contributed by atoms with Gasteiger partial charge in [0.1, 0.15) is 29.8 Å². The second-order valence-corrected chi connectivity index (χ2v) is 7.25. The van der Waals surface area contributed by atoms with Crippen LogP contribution in [0.5, 0.6) is 0 Å². The Hall–Kier alpha value is -3.11. The molecular weight excluding hydrogens is 413 g/mol. The lowest BCUT2D eigenvalue weighted by Crippen LogP contribution is -2.39. The molecule has 156 valence electrons. The quantitative estimate of drug-likeness (QED) is 0.610. The highest BCUT2D eigenvalue weighted by atomic mass is 35.5. The number of primary amides is 1. The predicted molar refractivity (Wildman–Crippen MR) is 110 cm³/mol. The number of nitrogens with two attached hydrogens (primary N) is 1. The average Bonchev–Trinajstić information content (AvgIpc) is 2.75. The number of nitrogens with zero attached hydrogens (tertiary/aromatic N) is 5. The number of carbonyl (C=O) groups is 1. The molecule has 11 heteroatoms. The van der Waals surface area contributed by atoms with Crippen molar-refractivity contribution in [3.05, 3.63) is 41.6 Å². The summed E-state index contributed by atoms with van der Waals surface area (Å²) in [5.41, 5.74) is 6.82. The van der Waals surface area contributed by atoms with E-state index in [1.165, 1.54) is 18.5 Å². The van der Waals surface area contributed by atoms with Gasteiger partial charge in [0.2, 0.25) is 11.9 Å². The van der Waals surface area contributed by atoms with E-state index in [1.54, 1.807) is 12.3 Å². The molecule has 30 heavy (non-hydrogen) atoms. The van der Waals surface area contributed by atoms with E-state index < -0.39 is 11.7 Å². The van der Waals surface area contributed by atoms with E-state index in [0.29, 0.717) is 41.6 Å². The molecule has 0 saturated carbocycles. The van der Waals surface area contributed by atoms with E-state index in [-0.39, 0.29) is 17.7 Å². The van der Waals surface area contributed by atoms with Crippen LogP contribution >= 0.6 is 11.6 Å². The molecule has 1 amide bonds. The summed E-state index contributed by atoms with van der Waals surface area (Å²) >= 11 is 5.86. The zero-order valence-corrected chi connectivity index (χ0v) is 16.6. The SMILES string of the molecule is NC(=O)COC1CCN(c2ncc3ncnc(Nc4ccc(F)c(Cl)c4)c3n2)CC1. The number of hydrogen-bond donors (Lipinski definition) is 2. The third-order valence-electron chi connectivity index (χ3n) is 4.73. The van der Waals surface area contributed by atoms with E-state index in [1.807, 2.05) is 4.90 Å². The Morgan fingerprint density at radius 2 is 2.10 bits per heavy atom. The van der Waals surface area contributed by atoms with Gasteiger partial charge in [-0.05, 0) is 31.0 Å². The second kappa shape index (κ2) is 8.72. The summed E-state index contributed by atoms with van der Waals surface area (Å²) in [5.74, 6) is 0.0391. The van der Waals surface area contributed by atoms with Crippen molar-refractivity contribution in [1.82, 2.24) is 19.9 Å². The van der Waals surface area contributed by atoms with Gasteiger partial charge < -0.3 is 20.7 Å². The van der Waals surface area contributed by atoms with Crippen LogP contribution in [0.25, 0.3) is 11.0 Å². The van der Waals surface area contributed by atoms with Gasteiger partial charge in [-0.25, -0.2) is 24.3 Å². The lowest BCUT2D eigenvalue weighted by molar-refractivity contribution is -0.124. The molecule has 3 N–H and O–H groups in total. The van der Waals surface area contributed by atoms with Gasteiger partial charge in [0.25, 0.3) is 0 Å². The number of hydrogen-bond acceptors (Lipinski definition) is 8. The molecule has 0 aliphatic carbocycles. The third kappa shape index (κ3) is 4.55. The minimum absolute atomic E-state index is 0.00935. The van der Waals surface area contributed by atoms with E-state index in [9.17, 15) is 9.18 Å². The monoisotopic (exact) mass is 431 g/mol. The van der Waals surface area contributed by atoms with Gasteiger partial charge in [-0.2, -0.15) is 0 Å². The minimum atomic E-state index is -0.498. The van der Waals surface area contributed by atoms with Crippen LogP contribution < -0.4 is 16.0 Å². The standard InChI is InChI=1S/C19H19ClFN7O2/c20-13-7-11(1-2-14(13)21)26-18-17-15(24-10-25-18)8-23-19(27-17)28-5-3-12(4-6-28)30-9-16(22)29/h1-2,7-8,10,12H,3-6,9H2,(H2,22,29)(H,24,25,26). The van der Waals surface area contributed by atoms with E-state index in [2.05, 4.69) is 25.3 Å². The number of carbonyl (C=O) groups excluding carboxylic acids is 1. The Morgan fingerprint density at radius 1 is 1.30 bits per heavy atom. The highest BCUT2D eigenvalue weighted by Gasteiger charge is 2.22. The normalized spacial score (nSPS) is 14.8. The van der Waals surface area contributed by atoms with Crippen molar-refractivity contribution in [3.8, 4) is 0 Å². The molecule has 2 aromatic heterocycles. The molecule has 0 atom stereocenters. The fourth-order valence-electron chi connectivity index (χ4n) is 3.22. The van der Waals surface area contributed by atoms with Crippen LogP contribution in [-0.4, -0.2) is 51.6 Å². The molecule has 0 unspecified atom stereocenters. The van der Waals surface area contributed by atoms with Crippen LogP contribution in [0.15, 0.2) is 30.7 Å². The molecule has 9 nitrogen and oxygen atoms in total. The highest BCUT2D eigenvalue weighted by molar-refractivity contribution is 6.31. The Bertz CT molecular complexity index is 1080. The van der Waals surface area contributed by atoms with Crippen molar-refractivity contribution < 1.29 is 13.9 Å². The molecule has 4 rings (SSSR count). The lowest BCUT2D eigenvalue weighted by atomic mass is 10.1. The van der Waals surface area contributed by atoms with Crippen molar-refractivity contribution in [2.24, 2.45) is 5.73 Å². The van der Waals surface area contributed by atoms with Gasteiger partial charge in [0.05, 0.1) is 17.3 Å². The fourth-order valence-corrected chi connectivity index (χ4v) is 3.40. The van der Waals surface area contributed by atoms with Gasteiger partial charge in [0.15, 0.2) is 5.82 Å².